The molecule has 1 unspecified atom stereocenters. The molecule has 0 saturated carbocycles. The minimum absolute atomic E-state index is 0.124. The summed E-state index contributed by atoms with van der Waals surface area (Å²) in [7, 11) is 0. The quantitative estimate of drug-likeness (QED) is 0.564. The van der Waals surface area contributed by atoms with E-state index in [9.17, 15) is 9.59 Å². The molecule has 2 aliphatic rings. The summed E-state index contributed by atoms with van der Waals surface area (Å²) in [6.45, 7) is 8.08. The van der Waals surface area contributed by atoms with Crippen molar-refractivity contribution in [2.45, 2.75) is 59.0 Å². The highest BCUT2D eigenvalue weighted by atomic mass is 16.5. The standard InChI is InChI=1S/C19H24O3/c1-5-7-14-12-16(20)15-9-11-19(4,10-6-8-13(2)3)22-18(15)17(14)21/h8-9,11-12H,5-7,10H2,1-4H3. The van der Waals surface area contributed by atoms with E-state index in [-0.39, 0.29) is 17.3 Å². The van der Waals surface area contributed by atoms with E-state index in [2.05, 4.69) is 19.9 Å². The van der Waals surface area contributed by atoms with Crippen LogP contribution in [0.4, 0.5) is 0 Å². The molecular formula is C19H24O3. The van der Waals surface area contributed by atoms with Gasteiger partial charge in [-0.05, 0) is 58.3 Å². The predicted molar refractivity (Wildman–Crippen MR) is 87.3 cm³/mol. The number of ether oxygens (including phenoxy) is 1. The van der Waals surface area contributed by atoms with Gasteiger partial charge in [0, 0.05) is 5.57 Å². The van der Waals surface area contributed by atoms with Crippen molar-refractivity contribution in [1.82, 2.24) is 0 Å². The molecule has 0 aromatic rings. The molecule has 1 heterocycles. The van der Waals surface area contributed by atoms with Gasteiger partial charge in [0.25, 0.3) is 0 Å². The van der Waals surface area contributed by atoms with E-state index >= 15 is 0 Å². The second-order valence-electron chi connectivity index (χ2n) is 6.42. The fraction of sp³-hybridized carbons (Fsp3) is 0.474. The normalized spacial score (nSPS) is 23.9. The van der Waals surface area contributed by atoms with Crippen LogP contribution in [-0.4, -0.2) is 17.2 Å². The Kier molecular flexibility index (Phi) is 4.84. The third-order valence-corrected chi connectivity index (χ3v) is 3.96. The second kappa shape index (κ2) is 6.47. The molecule has 118 valence electrons. The monoisotopic (exact) mass is 300 g/mol. The molecule has 1 aliphatic carbocycles. The molecule has 0 aromatic heterocycles. The maximum atomic E-state index is 12.5. The van der Waals surface area contributed by atoms with Crippen LogP contribution in [0.25, 0.3) is 0 Å². The molecule has 0 aromatic carbocycles. The third kappa shape index (κ3) is 3.46. The average molecular weight is 300 g/mol. The lowest BCUT2D eigenvalue weighted by atomic mass is 9.87. The van der Waals surface area contributed by atoms with Crippen LogP contribution in [0.15, 0.2) is 46.8 Å². The Bertz CT molecular complexity index is 613. The molecule has 0 spiro atoms. The molecule has 22 heavy (non-hydrogen) atoms. The van der Waals surface area contributed by atoms with Crippen molar-refractivity contribution in [2.75, 3.05) is 0 Å². The van der Waals surface area contributed by atoms with Crippen molar-refractivity contribution < 1.29 is 14.3 Å². The van der Waals surface area contributed by atoms with Gasteiger partial charge in [0.05, 0.1) is 5.57 Å². The summed E-state index contributed by atoms with van der Waals surface area (Å²) in [5, 5.41) is 0. The molecule has 3 heteroatoms. The highest BCUT2D eigenvalue weighted by Crippen LogP contribution is 2.34. The SMILES string of the molecule is CCCC1=CC(=O)C2=C(OC(C)(CCC=C(C)C)C=C2)C1=O. The number of rotatable bonds is 5. The molecule has 0 amide bonds. The lowest BCUT2D eigenvalue weighted by Gasteiger charge is -2.33. The van der Waals surface area contributed by atoms with E-state index in [4.69, 9.17) is 4.74 Å². The van der Waals surface area contributed by atoms with Crippen LogP contribution in [0, 0.1) is 0 Å². The lowest BCUT2D eigenvalue weighted by molar-refractivity contribution is -0.121. The number of ketones is 2. The van der Waals surface area contributed by atoms with Gasteiger partial charge in [-0.2, -0.15) is 0 Å². The largest absolute Gasteiger partial charge is 0.479 e. The first-order valence-electron chi connectivity index (χ1n) is 7.92. The van der Waals surface area contributed by atoms with E-state index in [1.165, 1.54) is 11.6 Å². The summed E-state index contributed by atoms with van der Waals surface area (Å²) < 4.78 is 5.97. The number of hydrogen-bond donors (Lipinski definition) is 0. The number of hydrogen-bond acceptors (Lipinski definition) is 3. The Hall–Kier alpha value is -1.90. The minimum Gasteiger partial charge on any atom is -0.479 e. The zero-order valence-corrected chi connectivity index (χ0v) is 13.9. The van der Waals surface area contributed by atoms with Crippen molar-refractivity contribution in [2.24, 2.45) is 0 Å². The lowest BCUT2D eigenvalue weighted by Crippen LogP contribution is -2.34. The molecule has 1 atom stereocenters. The molecule has 0 N–H and O–H groups in total. The molecule has 0 bridgehead atoms. The molecule has 1 aliphatic heterocycles. The summed E-state index contributed by atoms with van der Waals surface area (Å²) >= 11 is 0. The van der Waals surface area contributed by atoms with E-state index < -0.39 is 5.60 Å². The van der Waals surface area contributed by atoms with Crippen LogP contribution in [0.3, 0.4) is 0 Å². The Labute approximate surface area is 132 Å². The Morgan fingerprint density at radius 2 is 2.05 bits per heavy atom. The van der Waals surface area contributed by atoms with Crippen molar-refractivity contribution >= 4 is 11.6 Å². The Morgan fingerprint density at radius 3 is 2.68 bits per heavy atom. The van der Waals surface area contributed by atoms with Gasteiger partial charge in [0.15, 0.2) is 11.5 Å². The maximum absolute atomic E-state index is 12.5. The molecule has 0 radical (unpaired) electrons. The summed E-state index contributed by atoms with van der Waals surface area (Å²) in [6.07, 6.45) is 10.4. The number of allylic oxidation sites excluding steroid dienone is 6. The molecule has 0 fully saturated rings. The first-order chi connectivity index (χ1) is 10.4. The van der Waals surface area contributed by atoms with Gasteiger partial charge in [-0.1, -0.05) is 25.0 Å². The van der Waals surface area contributed by atoms with Crippen LogP contribution in [0.1, 0.15) is 53.4 Å². The molecule has 3 nitrogen and oxygen atoms in total. The van der Waals surface area contributed by atoms with E-state index in [0.717, 1.165) is 19.3 Å². The van der Waals surface area contributed by atoms with Gasteiger partial charge < -0.3 is 4.74 Å². The third-order valence-electron chi connectivity index (χ3n) is 3.96. The second-order valence-corrected chi connectivity index (χ2v) is 6.42. The van der Waals surface area contributed by atoms with E-state index in [0.29, 0.717) is 17.6 Å². The van der Waals surface area contributed by atoms with Crippen molar-refractivity contribution in [3.63, 3.8) is 0 Å². The van der Waals surface area contributed by atoms with Gasteiger partial charge in [-0.25, -0.2) is 0 Å². The number of Topliss-reactive ketones (excluding diaryl/α,β-unsaturated/α-hetero) is 1. The fourth-order valence-corrected chi connectivity index (χ4v) is 2.70. The minimum atomic E-state index is -0.532. The van der Waals surface area contributed by atoms with Crippen molar-refractivity contribution in [1.29, 1.82) is 0 Å². The van der Waals surface area contributed by atoms with Gasteiger partial charge >= 0.3 is 0 Å². The van der Waals surface area contributed by atoms with Crippen LogP contribution >= 0.6 is 0 Å². The van der Waals surface area contributed by atoms with Gasteiger partial charge in [0.2, 0.25) is 5.78 Å². The average Bonchev–Trinajstić information content (AvgIpc) is 2.44. The van der Waals surface area contributed by atoms with Crippen molar-refractivity contribution in [3.05, 3.63) is 46.8 Å². The van der Waals surface area contributed by atoms with Crippen LogP contribution in [-0.2, 0) is 14.3 Å². The van der Waals surface area contributed by atoms with Crippen LogP contribution in [0.5, 0.6) is 0 Å². The zero-order chi connectivity index (χ0) is 16.3. The highest BCUT2D eigenvalue weighted by Gasteiger charge is 2.36. The smallest absolute Gasteiger partial charge is 0.224 e. The van der Waals surface area contributed by atoms with Crippen LogP contribution in [0.2, 0.25) is 0 Å². The molecule has 0 saturated heterocycles. The summed E-state index contributed by atoms with van der Waals surface area (Å²) in [5.41, 5.74) is 1.69. The summed E-state index contributed by atoms with van der Waals surface area (Å²) in [6, 6.07) is 0. The first kappa shape index (κ1) is 16.5. The zero-order valence-electron chi connectivity index (χ0n) is 13.9. The molecular weight excluding hydrogens is 276 g/mol. The maximum Gasteiger partial charge on any atom is 0.224 e. The molecule has 2 rings (SSSR count). The first-order valence-corrected chi connectivity index (χ1v) is 7.92. The number of carbonyl (C=O) groups is 2. The Balaban J connectivity index is 2.19. The summed E-state index contributed by atoms with van der Waals surface area (Å²) in [4.78, 5) is 24.7. The highest BCUT2D eigenvalue weighted by molar-refractivity contribution is 6.23. The predicted octanol–water partition coefficient (Wildman–Crippen LogP) is 4.21. The summed E-state index contributed by atoms with van der Waals surface area (Å²) in [5.74, 6) is -0.0203. The topological polar surface area (TPSA) is 43.4 Å². The van der Waals surface area contributed by atoms with Gasteiger partial charge in [-0.3, -0.25) is 9.59 Å². The van der Waals surface area contributed by atoms with Crippen molar-refractivity contribution in [3.8, 4) is 0 Å². The Morgan fingerprint density at radius 1 is 1.32 bits per heavy atom. The van der Waals surface area contributed by atoms with Gasteiger partial charge in [-0.15, -0.1) is 0 Å². The van der Waals surface area contributed by atoms with E-state index in [1.54, 1.807) is 6.08 Å². The van der Waals surface area contributed by atoms with E-state index in [1.807, 2.05) is 19.9 Å². The number of carbonyl (C=O) groups excluding carboxylic acids is 2. The fourth-order valence-electron chi connectivity index (χ4n) is 2.70. The van der Waals surface area contributed by atoms with Gasteiger partial charge in [0.1, 0.15) is 5.60 Å². The van der Waals surface area contributed by atoms with Crippen LogP contribution < -0.4 is 0 Å².